The van der Waals surface area contributed by atoms with Crippen LogP contribution in [0.5, 0.6) is 5.75 Å². The molecule has 0 radical (unpaired) electrons. The van der Waals surface area contributed by atoms with Crippen molar-refractivity contribution in [1.29, 1.82) is 0 Å². The molecular formula is C29H26N2O4. The monoisotopic (exact) mass is 466 g/mol. The molecule has 0 aliphatic carbocycles. The van der Waals surface area contributed by atoms with Gasteiger partial charge in [0.05, 0.1) is 19.6 Å². The Hall–Kier alpha value is -4.45. The van der Waals surface area contributed by atoms with Gasteiger partial charge in [0.2, 0.25) is 0 Å². The van der Waals surface area contributed by atoms with E-state index in [9.17, 15) is 14.7 Å². The predicted octanol–water partition coefficient (Wildman–Crippen LogP) is 5.68. The molecule has 0 saturated heterocycles. The van der Waals surface area contributed by atoms with Crippen LogP contribution in [0.1, 0.15) is 34.1 Å². The quantitative estimate of drug-likeness (QED) is 0.349. The Labute approximate surface area is 204 Å². The molecule has 0 spiro atoms. The van der Waals surface area contributed by atoms with Crippen LogP contribution in [0.25, 0.3) is 22.4 Å². The second-order valence-corrected chi connectivity index (χ2v) is 8.23. The lowest BCUT2D eigenvalue weighted by Crippen LogP contribution is -2.30. The van der Waals surface area contributed by atoms with Gasteiger partial charge in [-0.05, 0) is 41.8 Å². The van der Waals surface area contributed by atoms with Crippen LogP contribution in [0, 0.1) is 6.92 Å². The summed E-state index contributed by atoms with van der Waals surface area (Å²) in [5.41, 5.74) is 5.36. The average molecular weight is 467 g/mol. The highest BCUT2D eigenvalue weighted by molar-refractivity contribution is 5.94. The van der Waals surface area contributed by atoms with Crippen LogP contribution < -0.4 is 10.1 Å². The van der Waals surface area contributed by atoms with Crippen LogP contribution in [0.2, 0.25) is 0 Å². The summed E-state index contributed by atoms with van der Waals surface area (Å²) >= 11 is 0. The van der Waals surface area contributed by atoms with Crippen molar-refractivity contribution in [2.45, 2.75) is 19.4 Å². The van der Waals surface area contributed by atoms with Gasteiger partial charge in [-0.2, -0.15) is 0 Å². The minimum absolute atomic E-state index is 0.174. The number of rotatable bonds is 8. The third-order valence-corrected chi connectivity index (χ3v) is 5.72. The molecule has 35 heavy (non-hydrogen) atoms. The van der Waals surface area contributed by atoms with Gasteiger partial charge in [-0.25, -0.2) is 4.98 Å². The van der Waals surface area contributed by atoms with E-state index in [0.29, 0.717) is 11.4 Å². The number of hydrogen-bond acceptors (Lipinski definition) is 4. The van der Waals surface area contributed by atoms with Gasteiger partial charge in [-0.1, -0.05) is 78.4 Å². The normalized spacial score (nSPS) is 11.5. The maximum Gasteiger partial charge on any atom is 0.305 e. The molecule has 0 aliphatic heterocycles. The number of amides is 1. The van der Waals surface area contributed by atoms with Gasteiger partial charge < -0.3 is 15.2 Å². The molecule has 0 aliphatic rings. The van der Waals surface area contributed by atoms with Crippen molar-refractivity contribution in [3.63, 3.8) is 0 Å². The fourth-order valence-corrected chi connectivity index (χ4v) is 3.88. The Morgan fingerprint density at radius 1 is 0.886 bits per heavy atom. The molecule has 0 unspecified atom stereocenters. The molecule has 0 bridgehead atoms. The van der Waals surface area contributed by atoms with Crippen molar-refractivity contribution in [2.24, 2.45) is 0 Å². The third-order valence-electron chi connectivity index (χ3n) is 5.72. The number of carbonyl (C=O) groups is 2. The first-order valence-electron chi connectivity index (χ1n) is 11.2. The van der Waals surface area contributed by atoms with Crippen LogP contribution in [-0.4, -0.2) is 29.1 Å². The molecule has 1 atom stereocenters. The SMILES string of the molecule is COc1ccc(C(=O)N[C@@H](CC(=O)O)c2ccc(C)cc2)nc1-c1cccc(-c2ccccc2)c1. The van der Waals surface area contributed by atoms with E-state index in [4.69, 9.17) is 4.74 Å². The number of nitrogens with zero attached hydrogens (tertiary/aromatic N) is 1. The molecule has 6 heteroatoms. The standard InChI is InChI=1S/C29H26N2O4/c1-19-11-13-21(14-12-19)25(18-27(32)33)31-29(34)24-15-16-26(35-2)28(30-24)23-10-6-9-22(17-23)20-7-4-3-5-8-20/h3-17,25H,18H2,1-2H3,(H,31,34)(H,32,33)/t25-/m0/s1. The van der Waals surface area contributed by atoms with Crippen LogP contribution in [0.3, 0.4) is 0 Å². The van der Waals surface area contributed by atoms with E-state index in [1.54, 1.807) is 19.2 Å². The first-order chi connectivity index (χ1) is 16.9. The van der Waals surface area contributed by atoms with Gasteiger partial charge >= 0.3 is 5.97 Å². The van der Waals surface area contributed by atoms with E-state index in [1.165, 1.54) is 0 Å². The Morgan fingerprint density at radius 3 is 2.26 bits per heavy atom. The van der Waals surface area contributed by atoms with E-state index in [0.717, 1.165) is 27.8 Å². The summed E-state index contributed by atoms with van der Waals surface area (Å²) in [6.07, 6.45) is -0.239. The minimum Gasteiger partial charge on any atom is -0.494 e. The molecule has 3 aromatic carbocycles. The number of nitrogens with one attached hydrogen (secondary N) is 1. The molecule has 1 heterocycles. The number of aromatic nitrogens is 1. The van der Waals surface area contributed by atoms with Gasteiger partial charge in [-0.15, -0.1) is 0 Å². The topological polar surface area (TPSA) is 88.5 Å². The molecule has 176 valence electrons. The smallest absolute Gasteiger partial charge is 0.305 e. The number of benzene rings is 3. The molecule has 0 saturated carbocycles. The maximum absolute atomic E-state index is 13.1. The summed E-state index contributed by atoms with van der Waals surface area (Å²) in [6, 6.07) is 27.9. The number of carboxylic acid groups (broad SMARTS) is 1. The van der Waals surface area contributed by atoms with Gasteiger partial charge in [0, 0.05) is 5.56 Å². The largest absolute Gasteiger partial charge is 0.494 e. The molecular weight excluding hydrogens is 440 g/mol. The zero-order chi connectivity index (χ0) is 24.8. The Bertz CT molecular complexity index is 1330. The third kappa shape index (κ3) is 5.73. The first kappa shape index (κ1) is 23.7. The fourth-order valence-electron chi connectivity index (χ4n) is 3.88. The Morgan fingerprint density at radius 2 is 1.57 bits per heavy atom. The number of carboxylic acids is 1. The first-order valence-corrected chi connectivity index (χ1v) is 11.2. The Kier molecular flexibility index (Phi) is 7.21. The van der Waals surface area contributed by atoms with E-state index in [2.05, 4.69) is 10.3 Å². The highest BCUT2D eigenvalue weighted by atomic mass is 16.5. The van der Waals surface area contributed by atoms with Crippen molar-refractivity contribution in [2.75, 3.05) is 7.11 Å². The summed E-state index contributed by atoms with van der Waals surface area (Å²) in [4.78, 5) is 29.2. The maximum atomic E-state index is 13.1. The number of carbonyl (C=O) groups excluding carboxylic acids is 1. The fraction of sp³-hybridized carbons (Fsp3) is 0.138. The van der Waals surface area contributed by atoms with Crippen molar-refractivity contribution in [3.05, 3.63) is 108 Å². The highest BCUT2D eigenvalue weighted by Crippen LogP contribution is 2.31. The molecule has 1 amide bonds. The van der Waals surface area contributed by atoms with Gasteiger partial charge in [0.15, 0.2) is 0 Å². The van der Waals surface area contributed by atoms with E-state index >= 15 is 0 Å². The van der Waals surface area contributed by atoms with E-state index < -0.39 is 17.9 Å². The number of aliphatic carboxylic acids is 1. The highest BCUT2D eigenvalue weighted by Gasteiger charge is 2.21. The average Bonchev–Trinajstić information content (AvgIpc) is 2.88. The lowest BCUT2D eigenvalue weighted by molar-refractivity contribution is -0.137. The van der Waals surface area contributed by atoms with E-state index in [1.807, 2.05) is 85.8 Å². The molecule has 6 nitrogen and oxygen atoms in total. The van der Waals surface area contributed by atoms with Crippen LogP contribution in [-0.2, 0) is 4.79 Å². The summed E-state index contributed by atoms with van der Waals surface area (Å²) in [7, 11) is 1.56. The van der Waals surface area contributed by atoms with Crippen molar-refractivity contribution in [1.82, 2.24) is 10.3 Å². The molecule has 4 rings (SSSR count). The lowest BCUT2D eigenvalue weighted by atomic mass is 10.0. The van der Waals surface area contributed by atoms with Crippen LogP contribution >= 0.6 is 0 Å². The zero-order valence-electron chi connectivity index (χ0n) is 19.6. The van der Waals surface area contributed by atoms with E-state index in [-0.39, 0.29) is 12.1 Å². The Balaban J connectivity index is 1.66. The molecule has 1 aromatic heterocycles. The number of aryl methyl sites for hydroxylation is 1. The van der Waals surface area contributed by atoms with Crippen LogP contribution in [0.4, 0.5) is 0 Å². The predicted molar refractivity (Wildman–Crippen MR) is 135 cm³/mol. The molecule has 4 aromatic rings. The second-order valence-electron chi connectivity index (χ2n) is 8.23. The second kappa shape index (κ2) is 10.7. The van der Waals surface area contributed by atoms with Gasteiger partial charge in [0.25, 0.3) is 5.91 Å². The van der Waals surface area contributed by atoms with Crippen LogP contribution in [0.15, 0.2) is 91.0 Å². The van der Waals surface area contributed by atoms with Crippen molar-refractivity contribution < 1.29 is 19.4 Å². The van der Waals surface area contributed by atoms with Gasteiger partial charge in [-0.3, -0.25) is 9.59 Å². The number of pyridine rings is 1. The summed E-state index contributed by atoms with van der Waals surface area (Å²) in [5, 5.41) is 12.2. The number of ether oxygens (including phenoxy) is 1. The van der Waals surface area contributed by atoms with Gasteiger partial charge in [0.1, 0.15) is 17.1 Å². The van der Waals surface area contributed by atoms with Crippen molar-refractivity contribution >= 4 is 11.9 Å². The number of methoxy groups -OCH3 is 1. The molecule has 0 fully saturated rings. The summed E-state index contributed by atoms with van der Waals surface area (Å²) < 4.78 is 5.52. The summed E-state index contributed by atoms with van der Waals surface area (Å²) in [5.74, 6) is -0.927. The zero-order valence-corrected chi connectivity index (χ0v) is 19.6. The summed E-state index contributed by atoms with van der Waals surface area (Å²) in [6.45, 7) is 1.95. The lowest BCUT2D eigenvalue weighted by Gasteiger charge is -2.18. The number of hydrogen-bond donors (Lipinski definition) is 2. The molecule has 2 N–H and O–H groups in total. The van der Waals surface area contributed by atoms with Crippen molar-refractivity contribution in [3.8, 4) is 28.1 Å². The minimum atomic E-state index is -1.00.